The van der Waals surface area contributed by atoms with Gasteiger partial charge >= 0.3 is 7.75 Å². The quantitative estimate of drug-likeness (QED) is 0.180. The molecule has 0 unspecified atom stereocenters. The number of rotatable bonds is 5. The summed E-state index contributed by atoms with van der Waals surface area (Å²) in [6.45, 7) is 4.02. The first-order valence-electron chi connectivity index (χ1n) is 11.9. The molecule has 0 amide bonds. The van der Waals surface area contributed by atoms with Gasteiger partial charge in [-0.3, -0.25) is 0 Å². The van der Waals surface area contributed by atoms with E-state index in [1.54, 1.807) is 35.7 Å². The lowest BCUT2D eigenvalue weighted by molar-refractivity contribution is 0.355. The van der Waals surface area contributed by atoms with E-state index in [2.05, 4.69) is 4.95 Å². The Bertz CT molecular complexity index is 1590. The summed E-state index contributed by atoms with van der Waals surface area (Å²) in [5.74, 6) is 0.544. The van der Waals surface area contributed by atoms with Crippen LogP contribution in [0, 0.1) is 18.8 Å². The third kappa shape index (κ3) is 4.85. The molecular weight excluding hydrogens is 533 g/mol. The van der Waals surface area contributed by atoms with E-state index >= 15 is 0 Å². The molecule has 4 aromatic rings. The maximum Gasteiger partial charge on any atom is 0.600 e. The minimum absolute atomic E-state index is 0.272. The molecule has 0 aliphatic carbocycles. The van der Waals surface area contributed by atoms with Gasteiger partial charge < -0.3 is 9.05 Å². The van der Waals surface area contributed by atoms with E-state index in [9.17, 15) is 9.47 Å². The third-order valence-corrected chi connectivity index (χ3v) is 9.54. The van der Waals surface area contributed by atoms with Crippen LogP contribution in [-0.2, 0) is 13.6 Å². The van der Waals surface area contributed by atoms with Crippen molar-refractivity contribution in [1.29, 1.82) is 0 Å². The molecule has 5 nitrogen and oxygen atoms in total. The van der Waals surface area contributed by atoms with Gasteiger partial charge in [-0.2, -0.15) is 0 Å². The van der Waals surface area contributed by atoms with Crippen LogP contribution in [0.5, 0.6) is 0 Å². The minimum atomic E-state index is -4.52. The van der Waals surface area contributed by atoms with Crippen LogP contribution in [0.4, 0.5) is 0 Å². The predicted octanol–water partition coefficient (Wildman–Crippen LogP) is 9.84. The number of aryl methyl sites for hydroxylation is 2. The largest absolute Gasteiger partial charge is 0.600 e. The number of nitroso groups, excluding NO2 is 1. The third-order valence-electron chi connectivity index (χ3n) is 6.18. The van der Waals surface area contributed by atoms with Crippen LogP contribution in [0.2, 0.25) is 0 Å². The Morgan fingerprint density at radius 3 is 1.53 bits per heavy atom. The summed E-state index contributed by atoms with van der Waals surface area (Å²) in [6.07, 6.45) is 3.57. The predicted molar refractivity (Wildman–Crippen MR) is 155 cm³/mol. The lowest BCUT2D eigenvalue weighted by Crippen LogP contribution is -1.97. The highest BCUT2D eigenvalue weighted by atomic mass is 32.2. The van der Waals surface area contributed by atoms with Crippen molar-refractivity contribution in [1.82, 2.24) is 0 Å². The van der Waals surface area contributed by atoms with Crippen LogP contribution < -0.4 is 0 Å². The lowest BCUT2D eigenvalue weighted by Gasteiger charge is -2.19. The molecule has 2 heterocycles. The fourth-order valence-corrected chi connectivity index (χ4v) is 7.55. The zero-order chi connectivity index (χ0) is 26.3. The Labute approximate surface area is 229 Å². The van der Waals surface area contributed by atoms with E-state index in [-0.39, 0.29) is 11.5 Å². The SMILES string of the molecule is Cc1ccc2c(c1)Sc1ccccc1C=C2OP(=O)(N=O)OC1=Cc2ccccc2Sc2cc(C)ccc21. The van der Waals surface area contributed by atoms with E-state index in [1.165, 1.54) is 0 Å². The molecule has 2 aliphatic heterocycles. The molecule has 38 heavy (non-hydrogen) atoms. The molecule has 0 radical (unpaired) electrons. The van der Waals surface area contributed by atoms with E-state index in [0.717, 1.165) is 53.0 Å². The normalized spacial score (nSPS) is 13.8. The smallest absolute Gasteiger partial charge is 0.397 e. The van der Waals surface area contributed by atoms with Crippen LogP contribution in [0.1, 0.15) is 33.4 Å². The maximum atomic E-state index is 13.9. The van der Waals surface area contributed by atoms with Crippen LogP contribution in [-0.4, -0.2) is 0 Å². The second-order valence-electron chi connectivity index (χ2n) is 9.03. The molecule has 0 saturated heterocycles. The molecule has 8 heteroatoms. The first kappa shape index (κ1) is 24.8. The van der Waals surface area contributed by atoms with Gasteiger partial charge in [-0.25, -0.2) is 4.57 Å². The summed E-state index contributed by atoms with van der Waals surface area (Å²) in [5, 5.41) is 0. The molecule has 188 valence electrons. The number of nitrogens with zero attached hydrogens (tertiary/aromatic N) is 1. The zero-order valence-corrected chi connectivity index (χ0v) is 23.1. The molecule has 2 aliphatic rings. The van der Waals surface area contributed by atoms with Gasteiger partial charge in [-0.15, -0.1) is 4.91 Å². The van der Waals surface area contributed by atoms with Crippen LogP contribution >= 0.6 is 31.3 Å². The number of hydrogen-bond donors (Lipinski definition) is 0. The van der Waals surface area contributed by atoms with E-state index in [4.69, 9.17) is 9.05 Å². The highest BCUT2D eigenvalue weighted by Crippen LogP contribution is 2.59. The standard InChI is InChI=1S/C30H22NO4PS2/c1-19-11-13-23-25(17-21-7-3-5-9-27(21)37-29(23)15-19)34-36(33,31-32)35-26-18-22-8-4-6-10-28(22)38-30-16-20(2)12-14-24(26)30/h3-18H,1-2H3. The Balaban J connectivity index is 1.44. The van der Waals surface area contributed by atoms with Crippen molar-refractivity contribution < 1.29 is 13.6 Å². The first-order chi connectivity index (χ1) is 18.4. The Morgan fingerprint density at radius 2 is 1.08 bits per heavy atom. The van der Waals surface area contributed by atoms with Crippen molar-refractivity contribution in [2.45, 2.75) is 33.4 Å². The van der Waals surface area contributed by atoms with Gasteiger partial charge in [0.05, 0.1) is 4.95 Å². The van der Waals surface area contributed by atoms with Crippen LogP contribution in [0.15, 0.2) is 109 Å². The lowest BCUT2D eigenvalue weighted by atomic mass is 10.1. The zero-order valence-electron chi connectivity index (χ0n) is 20.6. The fraction of sp³-hybridized carbons (Fsp3) is 0.0667. The summed E-state index contributed by atoms with van der Waals surface area (Å²) in [4.78, 5) is 19.0. The molecule has 0 saturated carbocycles. The highest BCUT2D eigenvalue weighted by molar-refractivity contribution is 7.99. The Hall–Kier alpha value is -3.51. The number of hydrogen-bond acceptors (Lipinski definition) is 6. The van der Waals surface area contributed by atoms with Gasteiger partial charge in [-0.05, 0) is 84.7 Å². The summed E-state index contributed by atoms with van der Waals surface area (Å²) < 4.78 is 25.8. The maximum absolute atomic E-state index is 13.9. The van der Waals surface area contributed by atoms with Gasteiger partial charge in [0.2, 0.25) is 0 Å². The van der Waals surface area contributed by atoms with Crippen molar-refractivity contribution in [3.63, 3.8) is 0 Å². The number of fused-ring (bicyclic) bond motifs is 4. The second kappa shape index (κ2) is 9.99. The van der Waals surface area contributed by atoms with Gasteiger partial charge in [0.15, 0.2) is 0 Å². The summed E-state index contributed by atoms with van der Waals surface area (Å²) in [7, 11) is -4.52. The molecular formula is C30H22NO4PS2. The number of benzene rings is 4. The summed E-state index contributed by atoms with van der Waals surface area (Å²) in [5.41, 5.74) is 5.37. The molecule has 0 fully saturated rings. The van der Waals surface area contributed by atoms with Gasteiger partial charge in [0.25, 0.3) is 0 Å². The van der Waals surface area contributed by atoms with E-state index < -0.39 is 7.75 Å². The average molecular weight is 556 g/mol. The van der Waals surface area contributed by atoms with E-state index in [0.29, 0.717) is 0 Å². The average Bonchev–Trinajstić information content (AvgIpc) is 3.14. The molecule has 0 aromatic heterocycles. The summed E-state index contributed by atoms with van der Waals surface area (Å²) >= 11 is 3.18. The Kier molecular flexibility index (Phi) is 6.52. The molecule has 0 atom stereocenters. The molecule has 0 bridgehead atoms. The summed E-state index contributed by atoms with van der Waals surface area (Å²) in [6, 6.07) is 27.5. The molecule has 0 spiro atoms. The molecule has 4 aromatic carbocycles. The van der Waals surface area contributed by atoms with Gasteiger partial charge in [0.1, 0.15) is 11.5 Å². The van der Waals surface area contributed by atoms with Crippen molar-refractivity contribution in [3.05, 3.63) is 123 Å². The monoisotopic (exact) mass is 555 g/mol. The van der Waals surface area contributed by atoms with Gasteiger partial charge in [0, 0.05) is 30.7 Å². The molecule has 6 rings (SSSR count). The van der Waals surface area contributed by atoms with Crippen LogP contribution in [0.25, 0.3) is 23.7 Å². The first-order valence-corrected chi connectivity index (χ1v) is 15.1. The fourth-order valence-electron chi connectivity index (χ4n) is 4.35. The van der Waals surface area contributed by atoms with Crippen molar-refractivity contribution >= 4 is 54.9 Å². The van der Waals surface area contributed by atoms with Crippen molar-refractivity contribution in [2.75, 3.05) is 0 Å². The molecule has 0 N–H and O–H groups in total. The topological polar surface area (TPSA) is 65.0 Å². The van der Waals surface area contributed by atoms with E-state index in [1.807, 2.05) is 98.8 Å². The second-order valence-corrected chi connectivity index (χ2v) is 12.7. The van der Waals surface area contributed by atoms with Gasteiger partial charge in [-0.1, -0.05) is 72.1 Å². The van der Waals surface area contributed by atoms with Crippen LogP contribution in [0.3, 0.4) is 0 Å². The highest BCUT2D eigenvalue weighted by Gasteiger charge is 2.35. The van der Waals surface area contributed by atoms with Crippen molar-refractivity contribution in [3.8, 4) is 0 Å². The van der Waals surface area contributed by atoms with Crippen molar-refractivity contribution in [2.24, 2.45) is 4.95 Å². The minimum Gasteiger partial charge on any atom is -0.397 e. The Morgan fingerprint density at radius 1 is 0.632 bits per heavy atom.